The number of nitriles is 1. The maximum Gasteiger partial charge on any atom is 0.266 e. The maximum absolute atomic E-state index is 12.2. The van der Waals surface area contributed by atoms with Crippen molar-refractivity contribution in [3.63, 3.8) is 0 Å². The van der Waals surface area contributed by atoms with Crippen molar-refractivity contribution in [1.29, 1.82) is 5.26 Å². The summed E-state index contributed by atoms with van der Waals surface area (Å²) in [6.07, 6.45) is 0.680. The number of rotatable bonds is 4. The van der Waals surface area contributed by atoms with E-state index in [0.29, 0.717) is 28.4 Å². The van der Waals surface area contributed by atoms with Gasteiger partial charge in [-0.1, -0.05) is 17.7 Å². The number of carbonyl (C=O) groups is 1. The lowest BCUT2D eigenvalue weighted by atomic mass is 9.99. The fourth-order valence-corrected chi connectivity index (χ4v) is 2.79. The Morgan fingerprint density at radius 2 is 2.00 bits per heavy atom. The number of halogens is 1. The average Bonchev–Trinajstić information content (AvgIpc) is 2.51. The molecule has 0 fully saturated rings. The molecule has 2 aromatic rings. The molecule has 0 aliphatic carbocycles. The number of aromatic amines is 1. The first kappa shape index (κ1) is 17.8. The van der Waals surface area contributed by atoms with E-state index in [2.05, 4.69) is 10.3 Å². The zero-order chi connectivity index (χ0) is 17.9. The van der Waals surface area contributed by atoms with Crippen LogP contribution < -0.4 is 10.9 Å². The highest BCUT2D eigenvalue weighted by atomic mass is 35.5. The molecule has 0 saturated heterocycles. The Morgan fingerprint density at radius 3 is 2.67 bits per heavy atom. The van der Waals surface area contributed by atoms with Gasteiger partial charge >= 0.3 is 0 Å². The first-order chi connectivity index (χ1) is 11.3. The van der Waals surface area contributed by atoms with Crippen molar-refractivity contribution >= 4 is 23.2 Å². The number of H-pyrrole nitrogens is 1. The number of carbonyl (C=O) groups excluding carboxylic acids is 1. The molecule has 124 valence electrons. The van der Waals surface area contributed by atoms with Crippen LogP contribution in [0.4, 0.5) is 5.69 Å². The summed E-state index contributed by atoms with van der Waals surface area (Å²) in [4.78, 5) is 26.6. The minimum absolute atomic E-state index is 0.0988. The van der Waals surface area contributed by atoms with E-state index in [1.807, 2.05) is 13.0 Å². The molecule has 5 nitrogen and oxygen atoms in total. The number of nitrogens with zero attached hydrogens (tertiary/aromatic N) is 1. The molecule has 0 atom stereocenters. The van der Waals surface area contributed by atoms with Crippen LogP contribution in [-0.2, 0) is 11.2 Å². The lowest BCUT2D eigenvalue weighted by Crippen LogP contribution is -2.18. The van der Waals surface area contributed by atoms with E-state index in [4.69, 9.17) is 16.9 Å². The summed E-state index contributed by atoms with van der Waals surface area (Å²) >= 11 is 6.04. The molecular weight excluding hydrogens is 326 g/mol. The summed E-state index contributed by atoms with van der Waals surface area (Å²) in [6.45, 7) is 5.34. The summed E-state index contributed by atoms with van der Waals surface area (Å²) in [6, 6.07) is 7.25. The van der Waals surface area contributed by atoms with E-state index in [0.717, 1.165) is 11.1 Å². The van der Waals surface area contributed by atoms with Crippen LogP contribution in [0.25, 0.3) is 0 Å². The Bertz CT molecular complexity index is 894. The van der Waals surface area contributed by atoms with Crippen molar-refractivity contribution in [2.24, 2.45) is 0 Å². The maximum atomic E-state index is 12.2. The second kappa shape index (κ2) is 7.33. The van der Waals surface area contributed by atoms with Crippen molar-refractivity contribution in [3.8, 4) is 6.07 Å². The summed E-state index contributed by atoms with van der Waals surface area (Å²) in [5.74, 6) is -0.149. The van der Waals surface area contributed by atoms with E-state index >= 15 is 0 Å². The highest BCUT2D eigenvalue weighted by Crippen LogP contribution is 2.23. The van der Waals surface area contributed by atoms with Gasteiger partial charge in [0, 0.05) is 22.8 Å². The molecule has 2 N–H and O–H groups in total. The summed E-state index contributed by atoms with van der Waals surface area (Å²) < 4.78 is 0. The van der Waals surface area contributed by atoms with Gasteiger partial charge < -0.3 is 10.3 Å². The number of aromatic nitrogens is 1. The normalized spacial score (nSPS) is 10.3. The lowest BCUT2D eigenvalue weighted by Gasteiger charge is -2.12. The number of benzene rings is 1. The van der Waals surface area contributed by atoms with Crippen LogP contribution in [0.3, 0.4) is 0 Å². The molecular formula is C18H18ClN3O2. The second-order valence-corrected chi connectivity index (χ2v) is 6.04. The van der Waals surface area contributed by atoms with E-state index in [1.165, 1.54) is 0 Å². The third-order valence-electron chi connectivity index (χ3n) is 4.06. The zero-order valence-electron chi connectivity index (χ0n) is 13.8. The van der Waals surface area contributed by atoms with Gasteiger partial charge in [-0.05, 0) is 56.0 Å². The Labute approximate surface area is 145 Å². The molecule has 6 heteroatoms. The van der Waals surface area contributed by atoms with Crippen molar-refractivity contribution in [2.45, 2.75) is 33.6 Å². The van der Waals surface area contributed by atoms with E-state index in [9.17, 15) is 9.59 Å². The Hall–Kier alpha value is -2.58. The van der Waals surface area contributed by atoms with Crippen LogP contribution >= 0.6 is 11.6 Å². The molecule has 0 bridgehead atoms. The van der Waals surface area contributed by atoms with Crippen LogP contribution in [0.2, 0.25) is 5.02 Å². The molecule has 0 saturated carbocycles. The van der Waals surface area contributed by atoms with Gasteiger partial charge in [-0.15, -0.1) is 0 Å². The van der Waals surface area contributed by atoms with Gasteiger partial charge in [-0.2, -0.15) is 5.26 Å². The molecule has 1 amide bonds. The Balaban J connectivity index is 2.14. The SMILES string of the molecule is Cc1[nH]c(=O)c(C#N)c(C)c1CCC(=O)Nc1cccc(Cl)c1C. The van der Waals surface area contributed by atoms with Gasteiger partial charge in [0.2, 0.25) is 5.91 Å². The molecule has 0 spiro atoms. The van der Waals surface area contributed by atoms with E-state index in [1.54, 1.807) is 32.0 Å². The largest absolute Gasteiger partial charge is 0.326 e. The third-order valence-corrected chi connectivity index (χ3v) is 4.47. The number of amides is 1. The fraction of sp³-hybridized carbons (Fsp3) is 0.278. The van der Waals surface area contributed by atoms with Crippen molar-refractivity contribution in [3.05, 3.63) is 61.5 Å². The summed E-state index contributed by atoms with van der Waals surface area (Å²) in [7, 11) is 0. The van der Waals surface area contributed by atoms with Crippen molar-refractivity contribution in [2.75, 3.05) is 5.32 Å². The summed E-state index contributed by atoms with van der Waals surface area (Å²) in [5.41, 5.74) is 3.34. The van der Waals surface area contributed by atoms with Gasteiger partial charge in [0.15, 0.2) is 0 Å². The standard InChI is InChI=1S/C18H18ClN3O2/c1-10-13(12(3)21-18(24)14(10)9-20)7-8-17(23)22-16-6-4-5-15(19)11(16)2/h4-6H,7-8H2,1-3H3,(H,21,24)(H,22,23). The molecule has 24 heavy (non-hydrogen) atoms. The number of hydrogen-bond donors (Lipinski definition) is 2. The third kappa shape index (κ3) is 3.66. The van der Waals surface area contributed by atoms with Gasteiger partial charge in [0.05, 0.1) is 0 Å². The van der Waals surface area contributed by atoms with Gasteiger partial charge in [-0.25, -0.2) is 0 Å². The lowest BCUT2D eigenvalue weighted by molar-refractivity contribution is -0.116. The molecule has 1 aromatic carbocycles. The first-order valence-corrected chi connectivity index (χ1v) is 7.90. The first-order valence-electron chi connectivity index (χ1n) is 7.52. The fourth-order valence-electron chi connectivity index (χ4n) is 2.61. The second-order valence-electron chi connectivity index (χ2n) is 5.63. The molecule has 1 heterocycles. The molecule has 2 rings (SSSR count). The number of anilines is 1. The molecule has 0 unspecified atom stereocenters. The van der Waals surface area contributed by atoms with Gasteiger partial charge in [0.25, 0.3) is 5.56 Å². The highest BCUT2D eigenvalue weighted by Gasteiger charge is 2.14. The zero-order valence-corrected chi connectivity index (χ0v) is 14.5. The highest BCUT2D eigenvalue weighted by molar-refractivity contribution is 6.31. The minimum atomic E-state index is -0.393. The minimum Gasteiger partial charge on any atom is -0.326 e. The predicted molar refractivity (Wildman–Crippen MR) is 94.4 cm³/mol. The number of aryl methyl sites for hydroxylation is 1. The Kier molecular flexibility index (Phi) is 5.42. The van der Waals surface area contributed by atoms with Crippen LogP contribution in [0, 0.1) is 32.1 Å². The average molecular weight is 344 g/mol. The van der Waals surface area contributed by atoms with Gasteiger partial charge in [-0.3, -0.25) is 9.59 Å². The number of nitrogens with one attached hydrogen (secondary N) is 2. The van der Waals surface area contributed by atoms with Crippen molar-refractivity contribution < 1.29 is 4.79 Å². The summed E-state index contributed by atoms with van der Waals surface area (Å²) in [5, 5.41) is 12.5. The number of hydrogen-bond acceptors (Lipinski definition) is 3. The monoisotopic (exact) mass is 343 g/mol. The molecule has 1 aromatic heterocycles. The van der Waals surface area contributed by atoms with Crippen LogP contribution in [0.1, 0.15) is 34.4 Å². The molecule has 0 aliphatic rings. The molecule has 0 aliphatic heterocycles. The molecule has 0 radical (unpaired) electrons. The quantitative estimate of drug-likeness (QED) is 0.892. The van der Waals surface area contributed by atoms with E-state index < -0.39 is 5.56 Å². The topological polar surface area (TPSA) is 85.8 Å². The van der Waals surface area contributed by atoms with Gasteiger partial charge in [0.1, 0.15) is 11.6 Å². The Morgan fingerprint density at radius 1 is 1.29 bits per heavy atom. The van der Waals surface area contributed by atoms with Crippen LogP contribution in [0.15, 0.2) is 23.0 Å². The predicted octanol–water partition coefficient (Wildman–Crippen LogP) is 3.40. The van der Waals surface area contributed by atoms with Crippen LogP contribution in [0.5, 0.6) is 0 Å². The van der Waals surface area contributed by atoms with Crippen molar-refractivity contribution in [1.82, 2.24) is 4.98 Å². The smallest absolute Gasteiger partial charge is 0.266 e. The van der Waals surface area contributed by atoms with E-state index in [-0.39, 0.29) is 17.9 Å². The van der Waals surface area contributed by atoms with Crippen LogP contribution in [-0.4, -0.2) is 10.9 Å². The number of pyridine rings is 1.